The van der Waals surface area contributed by atoms with E-state index in [1.54, 1.807) is 43.5 Å². The highest BCUT2D eigenvalue weighted by atomic mass is 79.9. The molecule has 138 valence electrons. The zero-order chi connectivity index (χ0) is 19.1. The first-order valence-electron chi connectivity index (χ1n) is 7.40. The van der Waals surface area contributed by atoms with Gasteiger partial charge in [0.15, 0.2) is 5.11 Å². The fourth-order valence-electron chi connectivity index (χ4n) is 1.97. The average molecular weight is 478 g/mol. The molecule has 2 rings (SSSR count). The van der Waals surface area contributed by atoms with Crippen LogP contribution in [-0.4, -0.2) is 31.3 Å². The Morgan fingerprint density at radius 3 is 2.54 bits per heavy atom. The number of carbonyl (C=O) groups excluding carboxylic acids is 1. The fraction of sp³-hybridized carbons (Fsp3) is 0.176. The number of halogens is 3. The molecule has 9 heteroatoms. The molecule has 0 unspecified atom stereocenters. The zero-order valence-corrected chi connectivity index (χ0v) is 17.6. The van der Waals surface area contributed by atoms with Crippen LogP contribution in [0.2, 0.25) is 10.0 Å². The van der Waals surface area contributed by atoms with Crippen molar-refractivity contribution >= 4 is 68.1 Å². The third-order valence-corrected chi connectivity index (χ3v) is 4.49. The number of carbonyl (C=O) groups is 1. The van der Waals surface area contributed by atoms with Crippen molar-refractivity contribution in [2.45, 2.75) is 0 Å². The molecule has 0 spiro atoms. The number of methoxy groups -OCH3 is 1. The number of ether oxygens (including phenoxy) is 2. The molecule has 26 heavy (non-hydrogen) atoms. The van der Waals surface area contributed by atoms with Gasteiger partial charge in [0, 0.05) is 11.6 Å². The van der Waals surface area contributed by atoms with E-state index in [1.807, 2.05) is 0 Å². The summed E-state index contributed by atoms with van der Waals surface area (Å²) in [6.07, 6.45) is 0. The number of rotatable bonds is 6. The lowest BCUT2D eigenvalue weighted by Gasteiger charge is -2.14. The van der Waals surface area contributed by atoms with Gasteiger partial charge >= 0.3 is 0 Å². The van der Waals surface area contributed by atoms with E-state index in [4.69, 9.17) is 44.9 Å². The van der Waals surface area contributed by atoms with Crippen LogP contribution >= 0.6 is 51.3 Å². The quantitative estimate of drug-likeness (QED) is 0.457. The molecule has 0 fully saturated rings. The fourth-order valence-corrected chi connectivity index (χ4v) is 3.02. The Morgan fingerprint density at radius 1 is 1.19 bits per heavy atom. The Balaban J connectivity index is 2.11. The van der Waals surface area contributed by atoms with Gasteiger partial charge in [0.05, 0.1) is 27.9 Å². The van der Waals surface area contributed by atoms with E-state index in [1.165, 1.54) is 0 Å². The van der Waals surface area contributed by atoms with Crippen LogP contribution in [0.4, 0.5) is 5.69 Å². The largest absolute Gasteiger partial charge is 0.490 e. The summed E-state index contributed by atoms with van der Waals surface area (Å²) in [6.45, 7) is 0.721. The van der Waals surface area contributed by atoms with Gasteiger partial charge in [-0.2, -0.15) is 0 Å². The van der Waals surface area contributed by atoms with Gasteiger partial charge in [0.25, 0.3) is 5.91 Å². The molecule has 2 N–H and O–H groups in total. The van der Waals surface area contributed by atoms with E-state index in [0.717, 1.165) is 4.47 Å². The van der Waals surface area contributed by atoms with Gasteiger partial charge in [-0.3, -0.25) is 10.1 Å². The second-order valence-corrected chi connectivity index (χ2v) is 7.12. The third-order valence-electron chi connectivity index (χ3n) is 3.16. The standard InChI is InChI=1S/C17H15BrCl2N2O3S/c1-24-7-8-25-14-6-5-10(18)9-11(14)16(23)22-17(26)21-15-12(19)3-2-4-13(15)20/h2-6,9H,7-8H2,1H3,(H2,21,22,23,26). The molecule has 2 aromatic carbocycles. The van der Waals surface area contributed by atoms with Crippen molar-refractivity contribution in [3.63, 3.8) is 0 Å². The summed E-state index contributed by atoms with van der Waals surface area (Å²) in [4.78, 5) is 12.6. The van der Waals surface area contributed by atoms with Crippen molar-refractivity contribution < 1.29 is 14.3 Å². The number of amides is 1. The second-order valence-electron chi connectivity index (χ2n) is 4.99. The molecule has 5 nitrogen and oxygen atoms in total. The molecule has 0 atom stereocenters. The lowest BCUT2D eigenvalue weighted by Crippen LogP contribution is -2.34. The Labute approximate surface area is 175 Å². The predicted molar refractivity (Wildman–Crippen MR) is 112 cm³/mol. The lowest BCUT2D eigenvalue weighted by molar-refractivity contribution is 0.0969. The molecule has 0 saturated heterocycles. The molecule has 0 aromatic heterocycles. The highest BCUT2D eigenvalue weighted by Crippen LogP contribution is 2.29. The minimum Gasteiger partial charge on any atom is -0.490 e. The normalized spacial score (nSPS) is 10.3. The average Bonchev–Trinajstić information content (AvgIpc) is 2.59. The van der Waals surface area contributed by atoms with Gasteiger partial charge in [-0.15, -0.1) is 0 Å². The smallest absolute Gasteiger partial charge is 0.261 e. The topological polar surface area (TPSA) is 59.6 Å². The van der Waals surface area contributed by atoms with E-state index in [9.17, 15) is 4.79 Å². The maximum Gasteiger partial charge on any atom is 0.261 e. The van der Waals surface area contributed by atoms with Crippen LogP contribution in [0.5, 0.6) is 5.75 Å². The van der Waals surface area contributed by atoms with Crippen molar-refractivity contribution in [2.75, 3.05) is 25.6 Å². The molecule has 0 saturated carbocycles. The van der Waals surface area contributed by atoms with Gasteiger partial charge in [0.2, 0.25) is 0 Å². The Morgan fingerprint density at radius 2 is 1.88 bits per heavy atom. The van der Waals surface area contributed by atoms with Gasteiger partial charge in [-0.25, -0.2) is 0 Å². The SMILES string of the molecule is COCCOc1ccc(Br)cc1C(=O)NC(=S)Nc1c(Cl)cccc1Cl. The zero-order valence-electron chi connectivity index (χ0n) is 13.6. The van der Waals surface area contributed by atoms with Crippen molar-refractivity contribution in [1.82, 2.24) is 5.32 Å². The van der Waals surface area contributed by atoms with Crippen LogP contribution in [-0.2, 0) is 4.74 Å². The van der Waals surface area contributed by atoms with E-state index in [-0.39, 0.29) is 5.11 Å². The maximum atomic E-state index is 12.6. The molecular weight excluding hydrogens is 463 g/mol. The number of hydrogen-bond acceptors (Lipinski definition) is 4. The summed E-state index contributed by atoms with van der Waals surface area (Å²) < 4.78 is 11.3. The number of benzene rings is 2. The van der Waals surface area contributed by atoms with Crippen LogP contribution < -0.4 is 15.4 Å². The van der Waals surface area contributed by atoms with E-state index < -0.39 is 5.91 Å². The van der Waals surface area contributed by atoms with Gasteiger partial charge < -0.3 is 14.8 Å². The molecule has 0 bridgehead atoms. The van der Waals surface area contributed by atoms with Crippen molar-refractivity contribution in [3.05, 3.63) is 56.5 Å². The van der Waals surface area contributed by atoms with Crippen LogP contribution in [0.15, 0.2) is 40.9 Å². The first-order valence-corrected chi connectivity index (χ1v) is 9.35. The van der Waals surface area contributed by atoms with Crippen LogP contribution in [0.1, 0.15) is 10.4 Å². The van der Waals surface area contributed by atoms with Crippen molar-refractivity contribution in [2.24, 2.45) is 0 Å². The third kappa shape index (κ3) is 5.82. The number of nitrogens with one attached hydrogen (secondary N) is 2. The summed E-state index contributed by atoms with van der Waals surface area (Å²) in [5.41, 5.74) is 0.747. The number of para-hydroxylation sites is 1. The van der Waals surface area contributed by atoms with Crippen LogP contribution in [0.25, 0.3) is 0 Å². The lowest BCUT2D eigenvalue weighted by atomic mass is 10.2. The first kappa shape index (κ1) is 20.9. The first-order chi connectivity index (χ1) is 12.4. The number of thiocarbonyl (C=S) groups is 1. The molecule has 2 aromatic rings. The van der Waals surface area contributed by atoms with E-state index in [2.05, 4.69) is 26.6 Å². The number of hydrogen-bond donors (Lipinski definition) is 2. The van der Waals surface area contributed by atoms with Gasteiger partial charge in [-0.05, 0) is 42.5 Å². The Hall–Kier alpha value is -1.38. The second kappa shape index (κ2) is 10.1. The molecule has 0 aliphatic heterocycles. The van der Waals surface area contributed by atoms with Crippen molar-refractivity contribution in [1.29, 1.82) is 0 Å². The monoisotopic (exact) mass is 476 g/mol. The highest BCUT2D eigenvalue weighted by Gasteiger charge is 2.16. The van der Waals surface area contributed by atoms with E-state index >= 15 is 0 Å². The molecule has 0 aliphatic carbocycles. The summed E-state index contributed by atoms with van der Waals surface area (Å²) in [6, 6.07) is 10.1. The minimum absolute atomic E-state index is 0.0628. The minimum atomic E-state index is -0.431. The maximum absolute atomic E-state index is 12.6. The van der Waals surface area contributed by atoms with Crippen molar-refractivity contribution in [3.8, 4) is 5.75 Å². The number of anilines is 1. The molecular formula is C17H15BrCl2N2O3S. The van der Waals surface area contributed by atoms with Crippen LogP contribution in [0.3, 0.4) is 0 Å². The predicted octanol–water partition coefficient (Wildman–Crippen LogP) is 4.91. The molecule has 1 amide bonds. The van der Waals surface area contributed by atoms with Gasteiger partial charge in [-0.1, -0.05) is 45.2 Å². The summed E-state index contributed by atoms with van der Waals surface area (Å²) in [5, 5.41) is 6.26. The Kier molecular flexibility index (Phi) is 8.12. The summed E-state index contributed by atoms with van der Waals surface area (Å²) in [7, 11) is 1.57. The van der Waals surface area contributed by atoms with Gasteiger partial charge in [0.1, 0.15) is 12.4 Å². The highest BCUT2D eigenvalue weighted by molar-refractivity contribution is 9.10. The van der Waals surface area contributed by atoms with E-state index in [0.29, 0.717) is 40.3 Å². The molecule has 0 aliphatic rings. The Bertz CT molecular complexity index is 800. The summed E-state index contributed by atoms with van der Waals surface area (Å²) in [5.74, 6) is -0.0132. The molecule has 0 heterocycles. The van der Waals surface area contributed by atoms with Crippen LogP contribution in [0, 0.1) is 0 Å². The molecule has 0 radical (unpaired) electrons. The summed E-state index contributed by atoms with van der Waals surface area (Å²) >= 11 is 20.7.